The van der Waals surface area contributed by atoms with Gasteiger partial charge in [-0.25, -0.2) is 0 Å². The Morgan fingerprint density at radius 3 is 2.27 bits per heavy atom. The van der Waals surface area contributed by atoms with Gasteiger partial charge in [-0.3, -0.25) is 4.79 Å². The lowest BCUT2D eigenvalue weighted by Gasteiger charge is -2.23. The van der Waals surface area contributed by atoms with E-state index in [2.05, 4.69) is 17.0 Å². The first-order chi connectivity index (χ1) is 6.85. The molecule has 1 rings (SSSR count). The second-order valence-corrected chi connectivity index (χ2v) is 4.86. The van der Waals surface area contributed by atoms with Crippen molar-refractivity contribution in [2.75, 3.05) is 6.54 Å². The molecule has 0 spiro atoms. The maximum absolute atomic E-state index is 9.60. The minimum absolute atomic E-state index is 0.0498. The van der Waals surface area contributed by atoms with E-state index in [1.165, 1.54) is 0 Å². The summed E-state index contributed by atoms with van der Waals surface area (Å²) >= 11 is 0. The third kappa shape index (κ3) is 9.69. The number of hydrogen-bond acceptors (Lipinski definition) is 4. The zero-order valence-corrected chi connectivity index (χ0v) is 10.1. The van der Waals surface area contributed by atoms with Gasteiger partial charge in [0.2, 0.25) is 0 Å². The zero-order chi connectivity index (χ0) is 11.9. The summed E-state index contributed by atoms with van der Waals surface area (Å²) in [7, 11) is 0. The van der Waals surface area contributed by atoms with Gasteiger partial charge in [-0.2, -0.15) is 0 Å². The highest BCUT2D eigenvalue weighted by atomic mass is 16.5. The predicted molar refractivity (Wildman–Crippen MR) is 59.6 cm³/mol. The van der Waals surface area contributed by atoms with E-state index in [4.69, 9.17) is 5.11 Å². The van der Waals surface area contributed by atoms with Gasteiger partial charge in [0, 0.05) is 6.04 Å². The van der Waals surface area contributed by atoms with Crippen LogP contribution in [0.2, 0.25) is 0 Å². The van der Waals surface area contributed by atoms with Crippen LogP contribution in [0.25, 0.3) is 0 Å². The lowest BCUT2D eigenvalue weighted by Crippen LogP contribution is -2.37. The maximum Gasteiger partial charge on any atom is 0.293 e. The van der Waals surface area contributed by atoms with Crippen LogP contribution in [0.1, 0.15) is 40.5 Å². The zero-order valence-electron chi connectivity index (χ0n) is 10.1. The molecule has 4 heteroatoms. The van der Waals surface area contributed by atoms with E-state index >= 15 is 0 Å². The second-order valence-electron chi connectivity index (χ2n) is 4.86. The van der Waals surface area contributed by atoms with Crippen LogP contribution in [0.15, 0.2) is 0 Å². The summed E-state index contributed by atoms with van der Waals surface area (Å²) in [4.78, 5) is 9.60. The number of hydrogen-bond donors (Lipinski definition) is 2. The van der Waals surface area contributed by atoms with Crippen LogP contribution < -0.4 is 5.32 Å². The molecule has 1 aliphatic heterocycles. The Kier molecular flexibility index (Phi) is 6.52. The maximum atomic E-state index is 9.60. The Labute approximate surface area is 92.0 Å². The highest BCUT2D eigenvalue weighted by Gasteiger charge is 2.14. The molecule has 0 amide bonds. The van der Waals surface area contributed by atoms with Gasteiger partial charge in [-0.15, -0.1) is 0 Å². The van der Waals surface area contributed by atoms with Crippen LogP contribution in [0, 0.1) is 0 Å². The van der Waals surface area contributed by atoms with Gasteiger partial charge in [0.25, 0.3) is 6.47 Å². The molecule has 1 saturated heterocycles. The predicted octanol–water partition coefficient (Wildman–Crippen LogP) is 1.08. The first kappa shape index (κ1) is 14.4. The number of aliphatic hydroxyl groups is 1. The Bertz CT molecular complexity index is 169. The molecule has 0 saturated carbocycles. The third-order valence-corrected chi connectivity index (χ3v) is 2.00. The van der Waals surface area contributed by atoms with Gasteiger partial charge in [-0.1, -0.05) is 0 Å². The van der Waals surface area contributed by atoms with Crippen molar-refractivity contribution in [1.29, 1.82) is 0 Å². The normalized spacial score (nSPS) is 26.2. The van der Waals surface area contributed by atoms with Crippen molar-refractivity contribution >= 4 is 6.47 Å². The van der Waals surface area contributed by atoms with Crippen molar-refractivity contribution in [3.63, 3.8) is 0 Å². The summed E-state index contributed by atoms with van der Waals surface area (Å²) in [6, 6.07) is 0.513. The lowest BCUT2D eigenvalue weighted by molar-refractivity contribution is -0.138. The fourth-order valence-corrected chi connectivity index (χ4v) is 1.25. The van der Waals surface area contributed by atoms with Gasteiger partial charge in [0.05, 0.1) is 6.10 Å². The van der Waals surface area contributed by atoms with Gasteiger partial charge in [0.15, 0.2) is 0 Å². The Morgan fingerprint density at radius 1 is 1.47 bits per heavy atom. The van der Waals surface area contributed by atoms with Crippen molar-refractivity contribution in [1.82, 2.24) is 5.32 Å². The monoisotopic (exact) mass is 217 g/mol. The van der Waals surface area contributed by atoms with E-state index in [1.807, 2.05) is 20.8 Å². The number of ether oxygens (including phenoxy) is 1. The molecule has 0 aromatic heterocycles. The Hall–Kier alpha value is -0.610. The molecule has 1 fully saturated rings. The SMILES string of the molecule is CC(C)(C)OC=O.C[C@H]1C[C@@H](O)CCN1. The van der Waals surface area contributed by atoms with Crippen molar-refractivity contribution in [2.24, 2.45) is 0 Å². The van der Waals surface area contributed by atoms with E-state index in [9.17, 15) is 4.79 Å². The van der Waals surface area contributed by atoms with E-state index < -0.39 is 0 Å². The average Bonchev–Trinajstić information content (AvgIpc) is 2.01. The highest BCUT2D eigenvalue weighted by Crippen LogP contribution is 2.06. The molecule has 0 unspecified atom stereocenters. The van der Waals surface area contributed by atoms with Crippen LogP contribution in [0.4, 0.5) is 0 Å². The lowest BCUT2D eigenvalue weighted by atomic mass is 10.0. The first-order valence-corrected chi connectivity index (χ1v) is 5.38. The Morgan fingerprint density at radius 2 is 2.07 bits per heavy atom. The fourth-order valence-electron chi connectivity index (χ4n) is 1.25. The molecule has 0 aliphatic carbocycles. The van der Waals surface area contributed by atoms with Gasteiger partial charge in [0.1, 0.15) is 5.60 Å². The molecule has 0 bridgehead atoms. The number of nitrogens with one attached hydrogen (secondary N) is 1. The summed E-state index contributed by atoms with van der Waals surface area (Å²) in [6.45, 7) is 8.99. The third-order valence-electron chi connectivity index (χ3n) is 2.00. The largest absolute Gasteiger partial charge is 0.462 e. The number of carbonyl (C=O) groups excluding carboxylic acids is 1. The fraction of sp³-hybridized carbons (Fsp3) is 0.909. The summed E-state index contributed by atoms with van der Waals surface area (Å²) in [5.74, 6) is 0. The van der Waals surface area contributed by atoms with Crippen molar-refractivity contribution in [3.8, 4) is 0 Å². The van der Waals surface area contributed by atoms with Gasteiger partial charge in [-0.05, 0) is 47.1 Å². The number of piperidine rings is 1. The number of aliphatic hydroxyl groups excluding tert-OH is 1. The topological polar surface area (TPSA) is 58.6 Å². The molecule has 90 valence electrons. The molecule has 0 aromatic carbocycles. The van der Waals surface area contributed by atoms with Crippen molar-refractivity contribution in [3.05, 3.63) is 0 Å². The summed E-state index contributed by atoms with van der Waals surface area (Å²) in [5.41, 5.74) is -0.318. The molecule has 4 nitrogen and oxygen atoms in total. The standard InChI is InChI=1S/C6H13NO.C5H10O2/c1-5-4-6(8)2-3-7-5;1-5(2,3)7-4-6/h5-8H,2-4H2,1H3;4H,1-3H3/t5-,6-;/m0./s1. The molecule has 0 aromatic rings. The molecule has 2 N–H and O–H groups in total. The first-order valence-electron chi connectivity index (χ1n) is 5.38. The van der Waals surface area contributed by atoms with Crippen LogP contribution in [-0.4, -0.2) is 35.9 Å². The molecule has 2 atom stereocenters. The quantitative estimate of drug-likeness (QED) is 0.645. The summed E-state index contributed by atoms with van der Waals surface area (Å²) < 4.78 is 4.55. The molecular formula is C11H23NO3. The van der Waals surface area contributed by atoms with E-state index in [-0.39, 0.29) is 11.7 Å². The molecule has 1 heterocycles. The summed E-state index contributed by atoms with van der Waals surface area (Å²) in [6.07, 6.45) is 1.79. The second kappa shape index (κ2) is 6.80. The van der Waals surface area contributed by atoms with E-state index in [1.54, 1.807) is 0 Å². The van der Waals surface area contributed by atoms with Gasteiger partial charge < -0.3 is 15.2 Å². The van der Waals surface area contributed by atoms with Gasteiger partial charge >= 0.3 is 0 Å². The molecular weight excluding hydrogens is 194 g/mol. The van der Waals surface area contributed by atoms with E-state index in [0.717, 1.165) is 19.4 Å². The minimum atomic E-state index is -0.318. The Balaban J connectivity index is 0.000000265. The number of rotatable bonds is 1. The smallest absolute Gasteiger partial charge is 0.293 e. The van der Waals surface area contributed by atoms with Crippen LogP contribution in [-0.2, 0) is 9.53 Å². The highest BCUT2D eigenvalue weighted by molar-refractivity contribution is 5.37. The van der Waals surface area contributed by atoms with E-state index in [0.29, 0.717) is 12.5 Å². The molecule has 15 heavy (non-hydrogen) atoms. The van der Waals surface area contributed by atoms with Crippen molar-refractivity contribution in [2.45, 2.75) is 58.3 Å². The van der Waals surface area contributed by atoms with Crippen molar-refractivity contribution < 1.29 is 14.6 Å². The van der Waals surface area contributed by atoms with Crippen LogP contribution >= 0.6 is 0 Å². The van der Waals surface area contributed by atoms with Crippen LogP contribution in [0.5, 0.6) is 0 Å². The number of carbonyl (C=O) groups is 1. The summed E-state index contributed by atoms with van der Waals surface area (Å²) in [5, 5.41) is 12.3. The molecule has 1 aliphatic rings. The molecule has 0 radical (unpaired) electrons. The van der Waals surface area contributed by atoms with Crippen LogP contribution in [0.3, 0.4) is 0 Å². The average molecular weight is 217 g/mol. The minimum Gasteiger partial charge on any atom is -0.462 e.